The van der Waals surface area contributed by atoms with E-state index in [1.165, 1.54) is 0 Å². The molecule has 182 valence electrons. The van der Waals surface area contributed by atoms with E-state index >= 15 is 0 Å². The Labute approximate surface area is 185 Å². The molecule has 0 fully saturated rings. The monoisotopic (exact) mass is 458 g/mol. The van der Waals surface area contributed by atoms with Crippen molar-refractivity contribution in [1.82, 2.24) is 16.0 Å². The lowest BCUT2D eigenvalue weighted by Crippen LogP contribution is -2.54. The van der Waals surface area contributed by atoms with Gasteiger partial charge in [0.1, 0.15) is 12.1 Å². The molecule has 0 spiro atoms. The van der Waals surface area contributed by atoms with Crippen LogP contribution in [0.25, 0.3) is 0 Å². The molecule has 0 aromatic rings. The molecule has 0 saturated carbocycles. The first-order valence-corrected chi connectivity index (χ1v) is 10.0. The van der Waals surface area contributed by atoms with Crippen LogP contribution in [-0.4, -0.2) is 71.9 Å². The molecule has 4 amide bonds. The summed E-state index contributed by atoms with van der Waals surface area (Å²) in [6.45, 7) is 3.29. The number of primary amides is 1. The predicted molar refractivity (Wildman–Crippen MR) is 116 cm³/mol. The third-order valence-corrected chi connectivity index (χ3v) is 4.10. The number of nitrogens with one attached hydrogen (secondary N) is 3. The fraction of sp³-hybridized carbons (Fsp3) is 0.667. The smallest absolute Gasteiger partial charge is 0.326 e. The van der Waals surface area contributed by atoms with Crippen LogP contribution in [0.4, 0.5) is 0 Å². The molecule has 0 saturated heterocycles. The van der Waals surface area contributed by atoms with Gasteiger partial charge in [-0.2, -0.15) is 0 Å². The molecule has 0 radical (unpaired) electrons. The first kappa shape index (κ1) is 28.6. The zero-order chi connectivity index (χ0) is 24.8. The van der Waals surface area contributed by atoms with Gasteiger partial charge in [-0.15, -0.1) is 0 Å². The summed E-state index contributed by atoms with van der Waals surface area (Å²) in [4.78, 5) is 62.7. The Hall–Kier alpha value is -3.42. The van der Waals surface area contributed by atoms with Crippen molar-refractivity contribution in [2.45, 2.75) is 57.7 Å². The molecule has 3 atom stereocenters. The molecule has 3 unspecified atom stereocenters. The van der Waals surface area contributed by atoms with Crippen LogP contribution in [0.1, 0.15) is 39.5 Å². The number of nitrogens with two attached hydrogens (primary N) is 4. The van der Waals surface area contributed by atoms with Gasteiger partial charge >= 0.3 is 5.97 Å². The highest BCUT2D eigenvalue weighted by Crippen LogP contribution is 2.07. The molecule has 0 aliphatic heterocycles. The number of nitrogens with zero attached hydrogens (tertiary/aromatic N) is 1. The van der Waals surface area contributed by atoms with Crippen molar-refractivity contribution in [2.24, 2.45) is 33.8 Å². The van der Waals surface area contributed by atoms with E-state index in [9.17, 15) is 29.1 Å². The molecule has 0 aliphatic carbocycles. The number of amides is 4. The molecule has 32 heavy (non-hydrogen) atoms. The van der Waals surface area contributed by atoms with Gasteiger partial charge in [-0.25, -0.2) is 4.79 Å². The van der Waals surface area contributed by atoms with Gasteiger partial charge in [0, 0.05) is 6.54 Å². The van der Waals surface area contributed by atoms with E-state index in [4.69, 9.17) is 22.9 Å². The normalized spacial score (nSPS) is 13.4. The third-order valence-electron chi connectivity index (χ3n) is 4.10. The summed E-state index contributed by atoms with van der Waals surface area (Å²) in [5, 5.41) is 16.4. The van der Waals surface area contributed by atoms with Crippen LogP contribution < -0.4 is 38.9 Å². The quantitative estimate of drug-likeness (QED) is 0.0685. The van der Waals surface area contributed by atoms with Crippen LogP contribution in [0, 0.1) is 5.92 Å². The number of guanidine groups is 1. The van der Waals surface area contributed by atoms with Crippen LogP contribution >= 0.6 is 0 Å². The van der Waals surface area contributed by atoms with Crippen LogP contribution in [0.15, 0.2) is 4.99 Å². The number of carbonyl (C=O) groups is 5. The van der Waals surface area contributed by atoms with Crippen LogP contribution in [0.2, 0.25) is 0 Å². The molecule has 0 bridgehead atoms. The van der Waals surface area contributed by atoms with Crippen molar-refractivity contribution in [3.63, 3.8) is 0 Å². The second-order valence-electron chi connectivity index (χ2n) is 7.59. The van der Waals surface area contributed by atoms with Gasteiger partial charge in [-0.1, -0.05) is 13.8 Å². The minimum atomic E-state index is -1.22. The highest BCUT2D eigenvalue weighted by molar-refractivity contribution is 5.93. The molecule has 0 heterocycles. The SMILES string of the molecule is CC(C)CC(NC(=O)C(CCCN=C(N)N)NC(=O)CNC(=O)C(N)CC(N)=O)C(=O)O. The molecule has 14 heteroatoms. The van der Waals surface area contributed by atoms with E-state index in [2.05, 4.69) is 20.9 Å². The van der Waals surface area contributed by atoms with E-state index < -0.39 is 60.7 Å². The molecule has 0 aromatic carbocycles. The number of aliphatic carboxylic acids is 1. The molecular weight excluding hydrogens is 424 g/mol. The lowest BCUT2D eigenvalue weighted by Gasteiger charge is -2.22. The van der Waals surface area contributed by atoms with E-state index in [1.54, 1.807) is 0 Å². The topological polar surface area (TPSA) is 258 Å². The number of hydrogen-bond donors (Lipinski definition) is 8. The van der Waals surface area contributed by atoms with E-state index in [1.807, 2.05) is 13.8 Å². The second-order valence-corrected chi connectivity index (χ2v) is 7.59. The average molecular weight is 459 g/mol. The van der Waals surface area contributed by atoms with Gasteiger partial charge < -0.3 is 44.0 Å². The van der Waals surface area contributed by atoms with Gasteiger partial charge in [-0.3, -0.25) is 24.2 Å². The Kier molecular flexibility index (Phi) is 13.0. The summed E-state index contributed by atoms with van der Waals surface area (Å²) in [7, 11) is 0. The van der Waals surface area contributed by atoms with Gasteiger partial charge in [-0.05, 0) is 25.2 Å². The lowest BCUT2D eigenvalue weighted by molar-refractivity contribution is -0.142. The van der Waals surface area contributed by atoms with Gasteiger partial charge in [0.05, 0.1) is 19.0 Å². The van der Waals surface area contributed by atoms with Crippen molar-refractivity contribution in [2.75, 3.05) is 13.1 Å². The number of carboxylic acid groups (broad SMARTS) is 1. The predicted octanol–water partition coefficient (Wildman–Crippen LogP) is -3.54. The van der Waals surface area contributed by atoms with Crippen LogP contribution in [0.3, 0.4) is 0 Å². The highest BCUT2D eigenvalue weighted by Gasteiger charge is 2.27. The molecular formula is C18H34N8O6. The number of carboxylic acids is 1. The molecule has 12 N–H and O–H groups in total. The van der Waals surface area contributed by atoms with Crippen molar-refractivity contribution in [3.05, 3.63) is 0 Å². The Morgan fingerprint density at radius 1 is 0.969 bits per heavy atom. The molecule has 0 rings (SSSR count). The van der Waals surface area contributed by atoms with E-state index in [-0.39, 0.29) is 31.3 Å². The highest BCUT2D eigenvalue weighted by atomic mass is 16.4. The Balaban J connectivity index is 5.06. The summed E-state index contributed by atoms with van der Waals surface area (Å²) in [6, 6.07) is -3.45. The van der Waals surface area contributed by atoms with Crippen molar-refractivity contribution >= 4 is 35.6 Å². The Morgan fingerprint density at radius 3 is 2.09 bits per heavy atom. The van der Waals surface area contributed by atoms with Gasteiger partial charge in [0.25, 0.3) is 0 Å². The minimum absolute atomic E-state index is 0.00568. The fourth-order valence-electron chi connectivity index (χ4n) is 2.59. The maximum absolute atomic E-state index is 12.6. The maximum atomic E-state index is 12.6. The molecule has 0 aliphatic rings. The van der Waals surface area contributed by atoms with Crippen molar-refractivity contribution < 1.29 is 29.1 Å². The summed E-state index contributed by atoms with van der Waals surface area (Å²) in [5.74, 6) is -4.29. The zero-order valence-corrected chi connectivity index (χ0v) is 18.3. The minimum Gasteiger partial charge on any atom is -0.480 e. The van der Waals surface area contributed by atoms with Crippen molar-refractivity contribution in [1.29, 1.82) is 0 Å². The van der Waals surface area contributed by atoms with Crippen LogP contribution in [0.5, 0.6) is 0 Å². The molecule has 0 aromatic heterocycles. The number of rotatable bonds is 15. The summed E-state index contributed by atoms with van der Waals surface area (Å²) >= 11 is 0. The van der Waals surface area contributed by atoms with E-state index in [0.717, 1.165) is 0 Å². The lowest BCUT2D eigenvalue weighted by atomic mass is 10.0. The summed E-state index contributed by atoms with van der Waals surface area (Å²) in [6.07, 6.45) is 0.227. The van der Waals surface area contributed by atoms with E-state index in [0.29, 0.717) is 6.42 Å². The molecule has 14 nitrogen and oxygen atoms in total. The summed E-state index contributed by atoms with van der Waals surface area (Å²) in [5.41, 5.74) is 21.0. The number of aliphatic imine (C=N–C) groups is 1. The van der Waals surface area contributed by atoms with Gasteiger partial charge in [0.2, 0.25) is 23.6 Å². The standard InChI is InChI=1S/C18H34N8O6/c1-9(2)6-12(17(31)32)26-16(30)11(4-3-5-23-18(21)22)25-14(28)8-24-15(29)10(19)7-13(20)27/h9-12H,3-8,19H2,1-2H3,(H2,20,27)(H,24,29)(H,25,28)(H,26,30)(H,31,32)(H4,21,22,23). The van der Waals surface area contributed by atoms with Crippen LogP contribution in [-0.2, 0) is 24.0 Å². The largest absolute Gasteiger partial charge is 0.480 e. The first-order chi connectivity index (χ1) is 14.8. The first-order valence-electron chi connectivity index (χ1n) is 10.0. The zero-order valence-electron chi connectivity index (χ0n) is 18.3. The second kappa shape index (κ2) is 14.6. The fourth-order valence-corrected chi connectivity index (χ4v) is 2.59. The maximum Gasteiger partial charge on any atom is 0.326 e. The van der Waals surface area contributed by atoms with Gasteiger partial charge in [0.15, 0.2) is 5.96 Å². The summed E-state index contributed by atoms with van der Waals surface area (Å²) < 4.78 is 0. The third kappa shape index (κ3) is 13.0. The Morgan fingerprint density at radius 2 is 1.59 bits per heavy atom. The number of carbonyl (C=O) groups excluding carboxylic acids is 4. The Bertz CT molecular complexity index is 708. The van der Waals surface area contributed by atoms with Crippen molar-refractivity contribution in [3.8, 4) is 0 Å². The average Bonchev–Trinajstić information content (AvgIpc) is 2.66. The number of hydrogen-bond acceptors (Lipinski definition) is 7.